The summed E-state index contributed by atoms with van der Waals surface area (Å²) < 4.78 is 13.0. The lowest BCUT2D eigenvalue weighted by Crippen LogP contribution is -1.55. The molecule has 0 fully saturated rings. The van der Waals surface area contributed by atoms with Gasteiger partial charge in [0, 0.05) is 12.9 Å². The molecular weight excluding hydrogens is 83.1 g/mol. The van der Waals surface area contributed by atoms with Crippen molar-refractivity contribution in [3.8, 4) is 0 Å². The molecule has 0 aliphatic rings. The largest absolute Gasteiger partial charge is 0.132 e. The van der Waals surface area contributed by atoms with Gasteiger partial charge < -0.3 is 0 Å². The Kier molecular flexibility index (Phi) is 3.36. The molecule has 2 nitrogen and oxygen atoms in total. The monoisotopic (exact) mass is 84.0 g/mol. The molecule has 0 heterocycles. The third-order valence-corrected chi connectivity index (χ3v) is 0.0845. The molecule has 0 amide bonds. The van der Waals surface area contributed by atoms with Crippen LogP contribution in [0, 0.1) is 0 Å². The van der Waals surface area contributed by atoms with Crippen LogP contribution in [0.1, 0.15) is 0 Å². The highest BCUT2D eigenvalue weighted by Gasteiger charge is 1.57. The predicted molar refractivity (Wildman–Crippen MR) is 12.3 cm³/mol. The van der Waals surface area contributed by atoms with Gasteiger partial charge in [-0.15, -0.1) is 4.33 Å². The van der Waals surface area contributed by atoms with E-state index in [1.54, 1.807) is 0 Å². The van der Waals surface area contributed by atoms with Gasteiger partial charge in [-0.05, 0) is 9.62 Å². The molecule has 26 valence electrons. The van der Waals surface area contributed by atoms with Crippen molar-refractivity contribution in [3.05, 3.63) is 0 Å². The summed E-state index contributed by atoms with van der Waals surface area (Å²) in [5, 5.41) is 2.41. The Balaban J connectivity index is 1.97. The molecule has 0 bridgehead atoms. The molecule has 0 aromatic carbocycles. The lowest BCUT2D eigenvalue weighted by atomic mass is 14.8. The van der Waals surface area contributed by atoms with Crippen molar-refractivity contribution in [2.24, 2.45) is 0 Å². The summed E-state index contributed by atoms with van der Waals surface area (Å²) >= 11 is 2.82. The summed E-state index contributed by atoms with van der Waals surface area (Å²) in [7, 11) is 0. The minimum Gasteiger partial charge on any atom is -0.132 e. The van der Waals surface area contributed by atoms with E-state index in [1.807, 2.05) is 0 Å². The van der Waals surface area contributed by atoms with Gasteiger partial charge in [-0.2, -0.15) is 0 Å². The van der Waals surface area contributed by atoms with Crippen LogP contribution in [0.2, 0.25) is 0 Å². The molecule has 0 rings (SSSR count). The Labute approximate surface area is 28.0 Å². The zero-order valence-corrected chi connectivity index (χ0v) is 2.54. The van der Waals surface area contributed by atoms with Crippen molar-refractivity contribution < 1.29 is 14.0 Å². The lowest BCUT2D eigenvalue weighted by molar-refractivity contribution is -0.357. The van der Waals surface area contributed by atoms with E-state index in [1.165, 1.54) is 0 Å². The fourth-order valence-corrected chi connectivity index (χ4v) is 0. The fraction of sp³-hybridized carbons (Fsp3) is 0. The SMILES string of the molecule is FOOS. The highest BCUT2D eigenvalue weighted by atomic mass is 32.1. The van der Waals surface area contributed by atoms with Crippen LogP contribution in [-0.4, -0.2) is 0 Å². The molecule has 0 N–H and O–H groups in total. The Morgan fingerprint density at radius 2 is 2.00 bits per heavy atom. The average molecular weight is 84.1 g/mol. The van der Waals surface area contributed by atoms with Gasteiger partial charge in [-0.25, -0.2) is 0 Å². The van der Waals surface area contributed by atoms with Crippen molar-refractivity contribution in [1.82, 2.24) is 0 Å². The van der Waals surface area contributed by atoms with Crippen molar-refractivity contribution in [3.63, 3.8) is 0 Å². The molecule has 4 heavy (non-hydrogen) atoms. The van der Waals surface area contributed by atoms with Crippen LogP contribution in [0.5, 0.6) is 0 Å². The molecule has 0 radical (unpaired) electrons. The first-order valence-corrected chi connectivity index (χ1v) is 0.869. The third kappa shape index (κ3) is 2.20. The van der Waals surface area contributed by atoms with E-state index in [4.69, 9.17) is 0 Å². The Morgan fingerprint density at radius 3 is 2.00 bits per heavy atom. The molecule has 0 aromatic rings. The fourth-order valence-electron chi connectivity index (χ4n) is 0. The van der Waals surface area contributed by atoms with Gasteiger partial charge >= 0.3 is 0 Å². The molecule has 0 atom stereocenters. The molecule has 0 saturated carbocycles. The Bertz CT molecular complexity index is 8.00. The van der Waals surface area contributed by atoms with E-state index in [0.717, 1.165) is 0 Å². The van der Waals surface area contributed by atoms with Crippen LogP contribution in [0.3, 0.4) is 0 Å². The quantitative estimate of drug-likeness (QED) is 0.218. The summed E-state index contributed by atoms with van der Waals surface area (Å²) in [6.07, 6.45) is 0. The Hall–Kier alpha value is 0.200. The smallest absolute Gasteiger partial charge is 0.0184 e. The van der Waals surface area contributed by atoms with Gasteiger partial charge in [0.05, 0.1) is 0 Å². The van der Waals surface area contributed by atoms with Crippen LogP contribution < -0.4 is 0 Å². The number of thiol groups is 1. The maximum Gasteiger partial charge on any atom is 0.0184 e. The number of rotatable bonds is 1. The van der Waals surface area contributed by atoms with Crippen molar-refractivity contribution in [2.45, 2.75) is 0 Å². The molecule has 4 heteroatoms. The van der Waals surface area contributed by atoms with E-state index in [9.17, 15) is 4.53 Å². The standard InChI is InChI=1S/FHO2S/c1-2-3-4/h4H. The number of hydrogen-bond donors (Lipinski definition) is 1. The predicted octanol–water partition coefficient (Wildman–Crippen LogP) is 0.664. The van der Waals surface area contributed by atoms with Crippen LogP contribution in [-0.2, 0) is 9.43 Å². The zero-order chi connectivity index (χ0) is 3.41. The average Bonchev–Trinajstić information content (AvgIpc) is 1.37. The first-order chi connectivity index (χ1) is 1.91. The number of halogens is 1. The van der Waals surface area contributed by atoms with Crippen LogP contribution in [0.4, 0.5) is 4.53 Å². The third-order valence-electron chi connectivity index (χ3n) is 0.0282. The van der Waals surface area contributed by atoms with Gasteiger partial charge in [0.2, 0.25) is 0 Å². The van der Waals surface area contributed by atoms with E-state index in [0.29, 0.717) is 0 Å². The van der Waals surface area contributed by atoms with Crippen LogP contribution in [0.25, 0.3) is 0 Å². The summed E-state index contributed by atoms with van der Waals surface area (Å²) in [6, 6.07) is 0. The normalized spacial score (nSPS) is 7.50. The topological polar surface area (TPSA) is 18.5 Å². The van der Waals surface area contributed by atoms with Gasteiger partial charge in [-0.3, -0.25) is 0 Å². The highest BCUT2D eigenvalue weighted by molar-refractivity contribution is 7.74. The van der Waals surface area contributed by atoms with Crippen molar-refractivity contribution >= 4 is 12.9 Å². The van der Waals surface area contributed by atoms with Gasteiger partial charge in [-0.1, -0.05) is 0 Å². The Morgan fingerprint density at radius 1 is 1.75 bits per heavy atom. The molecular formula is HFO2S. The molecule has 0 unspecified atom stereocenters. The van der Waals surface area contributed by atoms with Crippen molar-refractivity contribution in [2.75, 3.05) is 0 Å². The van der Waals surface area contributed by atoms with E-state index in [-0.39, 0.29) is 0 Å². The zero-order valence-electron chi connectivity index (χ0n) is 1.64. The first kappa shape index (κ1) is 4.20. The molecule has 0 aliphatic carbocycles. The van der Waals surface area contributed by atoms with E-state index < -0.39 is 0 Å². The first-order valence-electron chi connectivity index (χ1n) is 0.504. The van der Waals surface area contributed by atoms with Crippen molar-refractivity contribution in [1.29, 1.82) is 0 Å². The second-order valence-corrected chi connectivity index (χ2v) is 0.287. The van der Waals surface area contributed by atoms with E-state index >= 15 is 0 Å². The minimum atomic E-state index is 2.41. The number of hydrogen-bond acceptors (Lipinski definition) is 3. The molecule has 0 aliphatic heterocycles. The second-order valence-electron chi connectivity index (χ2n) is 0.138. The summed E-state index contributed by atoms with van der Waals surface area (Å²) in [5.74, 6) is 0. The van der Waals surface area contributed by atoms with Gasteiger partial charge in [0.1, 0.15) is 0 Å². The molecule has 0 saturated heterocycles. The maximum absolute atomic E-state index is 9.92. The molecule has 0 spiro atoms. The maximum atomic E-state index is 9.92. The summed E-state index contributed by atoms with van der Waals surface area (Å²) in [5.41, 5.74) is 0. The van der Waals surface area contributed by atoms with Gasteiger partial charge in [0.25, 0.3) is 0 Å². The van der Waals surface area contributed by atoms with Crippen LogP contribution >= 0.6 is 12.9 Å². The minimum absolute atomic E-state index is 2.41. The second kappa shape index (κ2) is 3.20. The molecule has 0 aromatic heterocycles. The van der Waals surface area contributed by atoms with Crippen LogP contribution in [0.15, 0.2) is 0 Å². The van der Waals surface area contributed by atoms with Gasteiger partial charge in [0.15, 0.2) is 0 Å². The highest BCUT2D eigenvalue weighted by Crippen LogP contribution is 1.76. The lowest BCUT2D eigenvalue weighted by Gasteiger charge is -1.67. The van der Waals surface area contributed by atoms with E-state index in [2.05, 4.69) is 22.3 Å². The summed E-state index contributed by atoms with van der Waals surface area (Å²) in [4.78, 5) is 0. The summed E-state index contributed by atoms with van der Waals surface area (Å²) in [6.45, 7) is 0.